The second-order valence-electron chi connectivity index (χ2n) is 4.20. The Labute approximate surface area is 116 Å². The predicted molar refractivity (Wildman–Crippen MR) is 75.6 cm³/mol. The first-order valence-corrected chi connectivity index (χ1v) is 5.86. The van der Waals surface area contributed by atoms with Crippen LogP contribution < -0.4 is 5.73 Å². The van der Waals surface area contributed by atoms with Crippen LogP contribution in [0.2, 0.25) is 0 Å². The van der Waals surface area contributed by atoms with Crippen molar-refractivity contribution < 1.29 is 0 Å². The highest BCUT2D eigenvalue weighted by atomic mass is 15.1. The summed E-state index contributed by atoms with van der Waals surface area (Å²) in [5, 5.41) is 26.0. The van der Waals surface area contributed by atoms with Crippen LogP contribution in [0.15, 0.2) is 46.6 Å². The van der Waals surface area contributed by atoms with Crippen LogP contribution in [0.5, 0.6) is 0 Å². The van der Waals surface area contributed by atoms with Crippen molar-refractivity contribution in [1.29, 1.82) is 10.5 Å². The van der Waals surface area contributed by atoms with E-state index in [1.807, 2.05) is 19.1 Å². The Kier molecular flexibility index (Phi) is 3.74. The molecule has 0 aliphatic rings. The average molecular weight is 261 g/mol. The van der Waals surface area contributed by atoms with Crippen LogP contribution in [-0.2, 0) is 0 Å². The van der Waals surface area contributed by atoms with Gasteiger partial charge in [0.05, 0.1) is 22.9 Å². The van der Waals surface area contributed by atoms with E-state index in [2.05, 4.69) is 10.2 Å². The van der Waals surface area contributed by atoms with Crippen molar-refractivity contribution in [2.24, 2.45) is 10.2 Å². The van der Waals surface area contributed by atoms with E-state index in [9.17, 15) is 0 Å². The van der Waals surface area contributed by atoms with Crippen LogP contribution >= 0.6 is 0 Å². The van der Waals surface area contributed by atoms with Crippen molar-refractivity contribution in [3.05, 3.63) is 53.1 Å². The number of nitriles is 2. The molecule has 5 nitrogen and oxygen atoms in total. The maximum Gasteiger partial charge on any atom is 0.104 e. The van der Waals surface area contributed by atoms with E-state index in [1.165, 1.54) is 6.07 Å². The fourth-order valence-electron chi connectivity index (χ4n) is 1.68. The summed E-state index contributed by atoms with van der Waals surface area (Å²) in [4.78, 5) is 0. The summed E-state index contributed by atoms with van der Waals surface area (Å²) in [7, 11) is 0. The van der Waals surface area contributed by atoms with Crippen molar-refractivity contribution in [1.82, 2.24) is 0 Å². The van der Waals surface area contributed by atoms with E-state index >= 15 is 0 Å². The van der Waals surface area contributed by atoms with Gasteiger partial charge in [0.25, 0.3) is 0 Å². The number of nitrogens with two attached hydrogens (primary N) is 1. The number of nitrogen functional groups attached to an aromatic ring is 1. The largest absolute Gasteiger partial charge is 0.399 e. The van der Waals surface area contributed by atoms with Gasteiger partial charge in [-0.1, -0.05) is 0 Å². The maximum atomic E-state index is 9.05. The van der Waals surface area contributed by atoms with E-state index in [0.29, 0.717) is 28.2 Å². The summed E-state index contributed by atoms with van der Waals surface area (Å²) < 4.78 is 0. The molecular formula is C15H11N5. The SMILES string of the molecule is Cc1cc(N)ccc1/N=N/c1ccc(C#N)cc1C#N. The van der Waals surface area contributed by atoms with Gasteiger partial charge in [0.15, 0.2) is 0 Å². The van der Waals surface area contributed by atoms with Gasteiger partial charge < -0.3 is 5.73 Å². The minimum absolute atomic E-state index is 0.320. The highest BCUT2D eigenvalue weighted by molar-refractivity contribution is 5.58. The lowest BCUT2D eigenvalue weighted by molar-refractivity contribution is 1.20. The summed E-state index contributed by atoms with van der Waals surface area (Å²) in [5.41, 5.74) is 9.10. The molecule has 0 fully saturated rings. The fourth-order valence-corrected chi connectivity index (χ4v) is 1.68. The Morgan fingerprint density at radius 2 is 1.65 bits per heavy atom. The van der Waals surface area contributed by atoms with Gasteiger partial charge in [-0.15, -0.1) is 5.11 Å². The molecule has 0 spiro atoms. The van der Waals surface area contributed by atoms with Gasteiger partial charge in [-0.25, -0.2) is 0 Å². The number of nitrogens with zero attached hydrogens (tertiary/aromatic N) is 4. The first kappa shape index (κ1) is 13.3. The molecule has 0 aliphatic carbocycles. The molecule has 0 saturated heterocycles. The molecule has 2 aromatic carbocycles. The first-order chi connectivity index (χ1) is 9.63. The number of aryl methyl sites for hydroxylation is 1. The molecule has 96 valence electrons. The lowest BCUT2D eigenvalue weighted by Gasteiger charge is -2.01. The lowest BCUT2D eigenvalue weighted by atomic mass is 10.1. The van der Waals surface area contributed by atoms with E-state index in [1.54, 1.807) is 30.3 Å². The lowest BCUT2D eigenvalue weighted by Crippen LogP contribution is -1.84. The van der Waals surface area contributed by atoms with Crippen LogP contribution in [-0.4, -0.2) is 0 Å². The first-order valence-electron chi connectivity index (χ1n) is 5.86. The number of hydrogen-bond donors (Lipinski definition) is 1. The zero-order chi connectivity index (χ0) is 14.5. The molecule has 0 radical (unpaired) electrons. The smallest absolute Gasteiger partial charge is 0.104 e. The Morgan fingerprint density at radius 3 is 2.30 bits per heavy atom. The van der Waals surface area contributed by atoms with Crippen LogP contribution in [0.25, 0.3) is 0 Å². The zero-order valence-electron chi connectivity index (χ0n) is 10.8. The number of rotatable bonds is 2. The van der Waals surface area contributed by atoms with E-state index in [0.717, 1.165) is 5.56 Å². The molecule has 2 rings (SSSR count). The topological polar surface area (TPSA) is 98.3 Å². The zero-order valence-corrected chi connectivity index (χ0v) is 10.8. The molecule has 0 saturated carbocycles. The van der Waals surface area contributed by atoms with Crippen LogP contribution in [0.1, 0.15) is 16.7 Å². The molecule has 0 bridgehead atoms. The van der Waals surface area contributed by atoms with Crippen molar-refractivity contribution in [2.75, 3.05) is 5.73 Å². The number of benzene rings is 2. The van der Waals surface area contributed by atoms with Crippen molar-refractivity contribution >= 4 is 17.1 Å². The molecule has 0 atom stereocenters. The quantitative estimate of drug-likeness (QED) is 0.658. The van der Waals surface area contributed by atoms with Crippen LogP contribution in [0.3, 0.4) is 0 Å². The Hall–Kier alpha value is -3.18. The van der Waals surface area contributed by atoms with Gasteiger partial charge in [-0.05, 0) is 48.9 Å². The van der Waals surface area contributed by atoms with Gasteiger partial charge in [-0.2, -0.15) is 15.6 Å². The Morgan fingerprint density at radius 1 is 0.950 bits per heavy atom. The molecule has 0 aromatic heterocycles. The second-order valence-corrected chi connectivity index (χ2v) is 4.20. The molecule has 2 aromatic rings. The normalized spacial score (nSPS) is 10.2. The summed E-state index contributed by atoms with van der Waals surface area (Å²) in [6, 6.07) is 14.0. The highest BCUT2D eigenvalue weighted by Crippen LogP contribution is 2.25. The molecule has 5 heteroatoms. The molecule has 0 amide bonds. The molecule has 2 N–H and O–H groups in total. The standard InChI is InChI=1S/C15H11N5/c1-10-6-13(18)3-5-14(10)19-20-15-4-2-11(8-16)7-12(15)9-17/h2-7H,18H2,1H3/b20-19+. The highest BCUT2D eigenvalue weighted by Gasteiger charge is 2.03. The Bertz CT molecular complexity index is 763. The third-order valence-electron chi connectivity index (χ3n) is 2.73. The van der Waals surface area contributed by atoms with Gasteiger partial charge in [0.1, 0.15) is 11.8 Å². The van der Waals surface area contributed by atoms with E-state index < -0.39 is 0 Å². The van der Waals surface area contributed by atoms with Gasteiger partial charge in [0.2, 0.25) is 0 Å². The molecular weight excluding hydrogens is 250 g/mol. The Balaban J connectivity index is 2.37. The molecule has 0 aliphatic heterocycles. The van der Waals surface area contributed by atoms with Crippen LogP contribution in [0.4, 0.5) is 17.1 Å². The summed E-state index contributed by atoms with van der Waals surface area (Å²) >= 11 is 0. The van der Waals surface area contributed by atoms with Gasteiger partial charge >= 0.3 is 0 Å². The van der Waals surface area contributed by atoms with Gasteiger partial charge in [-0.3, -0.25) is 0 Å². The van der Waals surface area contributed by atoms with Gasteiger partial charge in [0, 0.05) is 5.69 Å². The maximum absolute atomic E-state index is 9.05. The second kappa shape index (κ2) is 5.64. The van der Waals surface area contributed by atoms with Crippen molar-refractivity contribution in [2.45, 2.75) is 6.92 Å². The average Bonchev–Trinajstić information content (AvgIpc) is 2.46. The number of hydrogen-bond acceptors (Lipinski definition) is 5. The van der Waals surface area contributed by atoms with Crippen molar-refractivity contribution in [3.8, 4) is 12.1 Å². The van der Waals surface area contributed by atoms with E-state index in [4.69, 9.17) is 16.3 Å². The predicted octanol–water partition coefficient (Wildman–Crippen LogP) is 3.74. The van der Waals surface area contributed by atoms with E-state index in [-0.39, 0.29) is 0 Å². The van der Waals surface area contributed by atoms with Crippen LogP contribution in [0, 0.1) is 29.6 Å². The third kappa shape index (κ3) is 2.80. The minimum Gasteiger partial charge on any atom is -0.399 e. The minimum atomic E-state index is 0.320. The summed E-state index contributed by atoms with van der Waals surface area (Å²) in [6.45, 7) is 1.88. The molecule has 0 heterocycles. The molecule has 20 heavy (non-hydrogen) atoms. The summed E-state index contributed by atoms with van der Waals surface area (Å²) in [6.07, 6.45) is 0. The third-order valence-corrected chi connectivity index (χ3v) is 2.73. The summed E-state index contributed by atoms with van der Waals surface area (Å²) in [5.74, 6) is 0. The number of anilines is 1. The number of azo groups is 1. The van der Waals surface area contributed by atoms with Crippen molar-refractivity contribution in [3.63, 3.8) is 0 Å². The fraction of sp³-hybridized carbons (Fsp3) is 0.0667. The monoisotopic (exact) mass is 261 g/mol. The molecule has 0 unspecified atom stereocenters.